The summed E-state index contributed by atoms with van der Waals surface area (Å²) in [6, 6.07) is 6.95. The van der Waals surface area contributed by atoms with Crippen LogP contribution in [0.15, 0.2) is 45.4 Å². The molecule has 1 fully saturated rings. The van der Waals surface area contributed by atoms with Gasteiger partial charge in [-0.25, -0.2) is 0 Å². The van der Waals surface area contributed by atoms with Crippen LogP contribution in [-0.4, -0.2) is 44.4 Å². The van der Waals surface area contributed by atoms with E-state index >= 15 is 0 Å². The van der Waals surface area contributed by atoms with E-state index in [1.165, 1.54) is 25.3 Å². The van der Waals surface area contributed by atoms with Gasteiger partial charge in [-0.15, -0.1) is 0 Å². The van der Waals surface area contributed by atoms with Crippen LogP contribution in [-0.2, 0) is 15.7 Å². The van der Waals surface area contributed by atoms with E-state index in [1.54, 1.807) is 12.1 Å². The Morgan fingerprint density at radius 3 is 2.56 bits per heavy atom. The average Bonchev–Trinajstić information content (AvgIpc) is 2.77. The molecule has 0 bridgehead atoms. The van der Waals surface area contributed by atoms with Gasteiger partial charge in [0.25, 0.3) is 0 Å². The molecular weight excluding hydrogens is 603 g/mol. The molecule has 2 aromatic rings. The third-order valence-corrected chi connectivity index (χ3v) is 6.07. The summed E-state index contributed by atoms with van der Waals surface area (Å²) in [5.74, 6) is -0.0254. The summed E-state index contributed by atoms with van der Waals surface area (Å²) in [5.41, 5.74) is 0.481. The van der Waals surface area contributed by atoms with Gasteiger partial charge in [0.2, 0.25) is 5.91 Å². The lowest BCUT2D eigenvalue weighted by Crippen LogP contribution is -2.38. The molecule has 0 atom stereocenters. The highest BCUT2D eigenvalue weighted by Crippen LogP contribution is 2.36. The fourth-order valence-corrected chi connectivity index (χ4v) is 4.92. The highest BCUT2D eigenvalue weighted by atomic mass is 79.9. The summed E-state index contributed by atoms with van der Waals surface area (Å²) in [4.78, 5) is 14.3. The molecule has 0 aliphatic carbocycles. The summed E-state index contributed by atoms with van der Waals surface area (Å²) >= 11 is 12.0. The number of nitrogens with one attached hydrogen (secondary N) is 2. The third-order valence-electron chi connectivity index (χ3n) is 4.82. The van der Waals surface area contributed by atoms with Crippen molar-refractivity contribution in [3.63, 3.8) is 0 Å². The van der Waals surface area contributed by atoms with Crippen molar-refractivity contribution in [2.24, 2.45) is 0 Å². The predicted molar refractivity (Wildman–Crippen MR) is 136 cm³/mol. The van der Waals surface area contributed by atoms with E-state index in [0.717, 1.165) is 16.6 Å². The molecule has 1 aliphatic rings. The molecule has 2 aromatic carbocycles. The standard InChI is InChI=1S/C22H20Br2F3N3O3S/c1-32-20-13(10-15(23)12-16(20)24)2-5-19(31)29-21(34)28-17-11-14(22(25,26)27)3-4-18(17)30-6-8-33-9-7-30/h2-5,10-12H,6-9H2,1H3,(H2,28,29,31,34). The van der Waals surface area contributed by atoms with E-state index in [2.05, 4.69) is 42.5 Å². The van der Waals surface area contributed by atoms with Gasteiger partial charge in [0.05, 0.1) is 41.7 Å². The number of morpholine rings is 1. The molecule has 1 saturated heterocycles. The second-order valence-corrected chi connectivity index (χ2v) is 9.29. The number of alkyl halides is 3. The molecule has 0 radical (unpaired) electrons. The van der Waals surface area contributed by atoms with Gasteiger partial charge in [-0.2, -0.15) is 13.2 Å². The van der Waals surface area contributed by atoms with Crippen molar-refractivity contribution in [1.29, 1.82) is 0 Å². The molecule has 0 aromatic heterocycles. The van der Waals surface area contributed by atoms with Crippen molar-refractivity contribution >= 4 is 72.5 Å². The largest absolute Gasteiger partial charge is 0.495 e. The SMILES string of the molecule is COc1c(Br)cc(Br)cc1C=CC(=O)NC(=S)Nc1cc(C(F)(F)F)ccc1N1CCOCC1. The highest BCUT2D eigenvalue weighted by Gasteiger charge is 2.31. The van der Waals surface area contributed by atoms with Gasteiger partial charge in [0.1, 0.15) is 5.75 Å². The first-order valence-electron chi connectivity index (χ1n) is 9.95. The number of benzene rings is 2. The van der Waals surface area contributed by atoms with Crippen molar-refractivity contribution in [1.82, 2.24) is 5.32 Å². The lowest BCUT2D eigenvalue weighted by molar-refractivity contribution is -0.137. The average molecular weight is 623 g/mol. The van der Waals surface area contributed by atoms with Gasteiger partial charge < -0.3 is 19.7 Å². The van der Waals surface area contributed by atoms with Crippen molar-refractivity contribution in [3.05, 3.63) is 56.5 Å². The van der Waals surface area contributed by atoms with Crippen molar-refractivity contribution < 1.29 is 27.4 Å². The Morgan fingerprint density at radius 2 is 1.91 bits per heavy atom. The molecule has 34 heavy (non-hydrogen) atoms. The number of methoxy groups -OCH3 is 1. The zero-order chi connectivity index (χ0) is 24.9. The van der Waals surface area contributed by atoms with E-state index in [1.807, 2.05) is 4.90 Å². The first kappa shape index (κ1) is 26.5. The van der Waals surface area contributed by atoms with Crippen molar-refractivity contribution in [2.45, 2.75) is 6.18 Å². The third kappa shape index (κ3) is 6.94. The maximum atomic E-state index is 13.3. The second-order valence-electron chi connectivity index (χ2n) is 7.12. The van der Waals surface area contributed by atoms with Crippen molar-refractivity contribution in [3.8, 4) is 5.75 Å². The Hall–Kier alpha value is -2.15. The zero-order valence-corrected chi connectivity index (χ0v) is 21.8. The number of rotatable bonds is 5. The Labute approximate surface area is 216 Å². The van der Waals surface area contributed by atoms with E-state index in [9.17, 15) is 18.0 Å². The number of thiocarbonyl (C=S) groups is 1. The van der Waals surface area contributed by atoms with Crippen LogP contribution < -0.4 is 20.3 Å². The molecule has 1 aliphatic heterocycles. The van der Waals surface area contributed by atoms with Crippen LogP contribution in [0.25, 0.3) is 6.08 Å². The van der Waals surface area contributed by atoms with Gasteiger partial charge >= 0.3 is 6.18 Å². The monoisotopic (exact) mass is 621 g/mol. The summed E-state index contributed by atoms with van der Waals surface area (Å²) in [7, 11) is 1.51. The van der Waals surface area contributed by atoms with Crippen LogP contribution in [0.5, 0.6) is 5.75 Å². The number of hydrogen-bond acceptors (Lipinski definition) is 5. The molecule has 6 nitrogen and oxygen atoms in total. The number of ether oxygens (including phenoxy) is 2. The quantitative estimate of drug-likeness (QED) is 0.334. The Balaban J connectivity index is 1.76. The molecular formula is C22H20Br2F3N3O3S. The van der Waals surface area contributed by atoms with Crippen LogP contribution >= 0.6 is 44.1 Å². The minimum absolute atomic E-state index is 0.133. The lowest BCUT2D eigenvalue weighted by Gasteiger charge is -2.31. The minimum Gasteiger partial charge on any atom is -0.495 e. The van der Waals surface area contributed by atoms with E-state index < -0.39 is 17.6 Å². The summed E-state index contributed by atoms with van der Waals surface area (Å²) in [5, 5.41) is 5.06. The number of carbonyl (C=O) groups excluding carboxylic acids is 1. The molecule has 12 heteroatoms. The highest BCUT2D eigenvalue weighted by molar-refractivity contribution is 9.11. The molecule has 1 heterocycles. The number of amides is 1. The molecule has 0 saturated carbocycles. The summed E-state index contributed by atoms with van der Waals surface area (Å²) < 4.78 is 52.0. The topological polar surface area (TPSA) is 62.8 Å². The Bertz CT molecular complexity index is 1110. The van der Waals surface area contributed by atoms with Crippen molar-refractivity contribution in [2.75, 3.05) is 43.6 Å². The van der Waals surface area contributed by atoms with Gasteiger partial charge in [0.15, 0.2) is 5.11 Å². The van der Waals surface area contributed by atoms with Crippen LogP contribution in [0.4, 0.5) is 24.5 Å². The van der Waals surface area contributed by atoms with Gasteiger partial charge in [-0.3, -0.25) is 10.1 Å². The number of halogens is 5. The van der Waals surface area contributed by atoms with Crippen LogP contribution in [0.2, 0.25) is 0 Å². The summed E-state index contributed by atoms with van der Waals surface area (Å²) in [6.07, 6.45) is -1.74. The normalized spacial score (nSPS) is 14.2. The van der Waals surface area contributed by atoms with Crippen LogP contribution in [0.3, 0.4) is 0 Å². The molecule has 0 unspecified atom stereocenters. The summed E-state index contributed by atoms with van der Waals surface area (Å²) in [6.45, 7) is 1.96. The number of anilines is 2. The molecule has 3 rings (SSSR count). The molecule has 1 amide bonds. The number of carbonyl (C=O) groups is 1. The smallest absolute Gasteiger partial charge is 0.416 e. The van der Waals surface area contributed by atoms with Crippen LogP contribution in [0.1, 0.15) is 11.1 Å². The van der Waals surface area contributed by atoms with E-state index in [-0.39, 0.29) is 10.8 Å². The van der Waals surface area contributed by atoms with Gasteiger partial charge in [-0.1, -0.05) is 15.9 Å². The maximum Gasteiger partial charge on any atom is 0.416 e. The molecule has 0 spiro atoms. The molecule has 182 valence electrons. The maximum absolute atomic E-state index is 13.3. The molecule has 2 N–H and O–H groups in total. The van der Waals surface area contributed by atoms with E-state index in [4.69, 9.17) is 21.7 Å². The van der Waals surface area contributed by atoms with Gasteiger partial charge in [-0.05, 0) is 64.6 Å². The number of nitrogens with zero attached hydrogens (tertiary/aromatic N) is 1. The lowest BCUT2D eigenvalue weighted by atomic mass is 10.1. The first-order chi connectivity index (χ1) is 16.1. The zero-order valence-electron chi connectivity index (χ0n) is 17.8. The van der Waals surface area contributed by atoms with Crippen LogP contribution in [0, 0.1) is 0 Å². The second kappa shape index (κ2) is 11.5. The number of hydrogen-bond donors (Lipinski definition) is 2. The first-order valence-corrected chi connectivity index (χ1v) is 11.9. The Morgan fingerprint density at radius 1 is 1.21 bits per heavy atom. The fraction of sp³-hybridized carbons (Fsp3) is 0.273. The Kier molecular flexibility index (Phi) is 8.96. The predicted octanol–water partition coefficient (Wildman–Crippen LogP) is 5.60. The fourth-order valence-electron chi connectivity index (χ4n) is 3.28. The minimum atomic E-state index is -4.52. The van der Waals surface area contributed by atoms with Gasteiger partial charge in [0, 0.05) is 29.2 Å². The van der Waals surface area contributed by atoms with E-state index in [0.29, 0.717) is 47.8 Å².